The first-order valence-corrected chi connectivity index (χ1v) is 10.3. The van der Waals surface area contributed by atoms with E-state index in [-0.39, 0.29) is 5.91 Å². The summed E-state index contributed by atoms with van der Waals surface area (Å²) >= 11 is 1.57. The highest BCUT2D eigenvalue weighted by Gasteiger charge is 2.11. The number of benzene rings is 2. The van der Waals surface area contributed by atoms with E-state index in [4.69, 9.17) is 4.74 Å². The van der Waals surface area contributed by atoms with Gasteiger partial charge >= 0.3 is 0 Å². The maximum Gasteiger partial charge on any atom is 0.289 e. The molecule has 0 aliphatic rings. The van der Waals surface area contributed by atoms with Crippen LogP contribution in [0.4, 0.5) is 0 Å². The van der Waals surface area contributed by atoms with E-state index in [0.717, 1.165) is 27.5 Å². The van der Waals surface area contributed by atoms with Crippen LogP contribution >= 0.6 is 11.3 Å². The molecule has 0 fully saturated rings. The van der Waals surface area contributed by atoms with Crippen LogP contribution in [0.1, 0.15) is 27.9 Å². The molecule has 4 rings (SSSR count). The van der Waals surface area contributed by atoms with Crippen LogP contribution in [0.15, 0.2) is 83.3 Å². The predicted molar refractivity (Wildman–Crippen MR) is 119 cm³/mol. The van der Waals surface area contributed by atoms with E-state index in [2.05, 4.69) is 20.7 Å². The van der Waals surface area contributed by atoms with Crippen molar-refractivity contribution in [2.45, 2.75) is 13.5 Å². The number of amides is 1. The molecule has 7 heteroatoms. The summed E-state index contributed by atoms with van der Waals surface area (Å²) < 4.78 is 5.87. The minimum atomic E-state index is -0.346. The molecule has 0 spiro atoms. The Labute approximate surface area is 178 Å². The third-order valence-corrected chi connectivity index (χ3v) is 5.38. The first kappa shape index (κ1) is 19.6. The molecule has 150 valence electrons. The Balaban J connectivity index is 1.42. The molecule has 2 N–H and O–H groups in total. The highest BCUT2D eigenvalue weighted by atomic mass is 32.1. The smallest absolute Gasteiger partial charge is 0.289 e. The first-order valence-electron chi connectivity index (χ1n) is 9.40. The second-order valence-corrected chi connectivity index (χ2v) is 7.53. The summed E-state index contributed by atoms with van der Waals surface area (Å²) in [6, 6.07) is 23.2. The van der Waals surface area contributed by atoms with Gasteiger partial charge in [-0.15, -0.1) is 11.3 Å². The van der Waals surface area contributed by atoms with Crippen molar-refractivity contribution in [3.8, 4) is 17.0 Å². The van der Waals surface area contributed by atoms with Crippen LogP contribution in [-0.4, -0.2) is 21.8 Å². The van der Waals surface area contributed by atoms with Crippen molar-refractivity contribution in [1.29, 1.82) is 0 Å². The number of ether oxygens (including phenoxy) is 1. The first-order chi connectivity index (χ1) is 14.7. The van der Waals surface area contributed by atoms with Gasteiger partial charge in [-0.25, -0.2) is 5.43 Å². The van der Waals surface area contributed by atoms with Crippen LogP contribution in [-0.2, 0) is 6.61 Å². The highest BCUT2D eigenvalue weighted by molar-refractivity contribution is 7.12. The zero-order chi connectivity index (χ0) is 20.8. The molecule has 2 heterocycles. The van der Waals surface area contributed by atoms with E-state index in [1.165, 1.54) is 0 Å². The average Bonchev–Trinajstić information content (AvgIpc) is 3.49. The quantitative estimate of drug-likeness (QED) is 0.333. The van der Waals surface area contributed by atoms with E-state index in [9.17, 15) is 4.79 Å². The van der Waals surface area contributed by atoms with Gasteiger partial charge in [0.25, 0.3) is 5.91 Å². The van der Waals surface area contributed by atoms with Crippen LogP contribution < -0.4 is 10.2 Å². The Morgan fingerprint density at radius 1 is 1.10 bits per heavy atom. The number of carbonyl (C=O) groups excluding carboxylic acids is 1. The van der Waals surface area contributed by atoms with Crippen molar-refractivity contribution in [3.63, 3.8) is 0 Å². The van der Waals surface area contributed by atoms with Crippen LogP contribution in [0.3, 0.4) is 0 Å². The Hall–Kier alpha value is -3.71. The van der Waals surface area contributed by atoms with Crippen LogP contribution in [0, 0.1) is 0 Å². The van der Waals surface area contributed by atoms with Crippen molar-refractivity contribution in [2.24, 2.45) is 5.10 Å². The molecule has 0 bridgehead atoms. The van der Waals surface area contributed by atoms with Gasteiger partial charge < -0.3 is 4.74 Å². The lowest BCUT2D eigenvalue weighted by atomic mass is 10.1. The fourth-order valence-corrected chi connectivity index (χ4v) is 3.48. The zero-order valence-electron chi connectivity index (χ0n) is 16.3. The summed E-state index contributed by atoms with van der Waals surface area (Å²) in [7, 11) is 0. The summed E-state index contributed by atoms with van der Waals surface area (Å²) in [5, 5.41) is 13.1. The summed E-state index contributed by atoms with van der Waals surface area (Å²) in [6.07, 6.45) is 0. The highest BCUT2D eigenvalue weighted by Crippen LogP contribution is 2.23. The molecule has 6 nitrogen and oxygen atoms in total. The van der Waals surface area contributed by atoms with E-state index >= 15 is 0 Å². The summed E-state index contributed by atoms with van der Waals surface area (Å²) in [5.41, 5.74) is 6.26. The molecule has 0 saturated carbocycles. The molecule has 2 aromatic carbocycles. The molecule has 0 unspecified atom stereocenters. The maximum absolute atomic E-state index is 12.4. The minimum Gasteiger partial charge on any atom is -0.489 e. The van der Waals surface area contributed by atoms with Crippen molar-refractivity contribution in [1.82, 2.24) is 15.6 Å². The van der Waals surface area contributed by atoms with Crippen molar-refractivity contribution >= 4 is 23.0 Å². The van der Waals surface area contributed by atoms with Gasteiger partial charge in [0, 0.05) is 10.4 Å². The molecule has 0 atom stereocenters. The molecule has 4 aromatic rings. The number of hydrogen-bond donors (Lipinski definition) is 2. The van der Waals surface area contributed by atoms with Gasteiger partial charge in [0.2, 0.25) is 0 Å². The molecule has 2 aromatic heterocycles. The Morgan fingerprint density at radius 3 is 2.77 bits per heavy atom. The fourth-order valence-electron chi connectivity index (χ4n) is 2.81. The number of hydrazone groups is 1. The van der Waals surface area contributed by atoms with Gasteiger partial charge in [-0.05, 0) is 42.1 Å². The second kappa shape index (κ2) is 9.19. The van der Waals surface area contributed by atoms with Crippen LogP contribution in [0.5, 0.6) is 5.75 Å². The normalized spacial score (nSPS) is 11.3. The standard InChI is InChI=1S/C23H20N4O2S/c1-16(22-11-6-12-30-22)24-27-23(28)21-14-20(25-26-21)18-9-5-10-19(13-18)29-15-17-7-3-2-4-8-17/h2-14H,15H2,1H3,(H,25,26)(H,27,28). The number of hydrogen-bond acceptors (Lipinski definition) is 5. The van der Waals surface area contributed by atoms with Crippen molar-refractivity contribution in [3.05, 3.63) is 94.3 Å². The van der Waals surface area contributed by atoms with E-state index < -0.39 is 0 Å². The zero-order valence-corrected chi connectivity index (χ0v) is 17.1. The van der Waals surface area contributed by atoms with Gasteiger partial charge in [0.15, 0.2) is 0 Å². The lowest BCUT2D eigenvalue weighted by molar-refractivity contribution is 0.0950. The molecule has 0 radical (unpaired) electrons. The van der Waals surface area contributed by atoms with E-state index in [1.807, 2.05) is 79.0 Å². The lowest BCUT2D eigenvalue weighted by Gasteiger charge is -2.07. The number of thiophene rings is 1. The molecule has 0 saturated heterocycles. The number of nitrogens with zero attached hydrogens (tertiary/aromatic N) is 2. The van der Waals surface area contributed by atoms with Crippen molar-refractivity contribution in [2.75, 3.05) is 0 Å². The van der Waals surface area contributed by atoms with Crippen LogP contribution in [0.25, 0.3) is 11.3 Å². The third kappa shape index (κ3) is 4.82. The number of carbonyl (C=O) groups is 1. The second-order valence-electron chi connectivity index (χ2n) is 6.58. The molecular formula is C23H20N4O2S. The fraction of sp³-hybridized carbons (Fsp3) is 0.0870. The maximum atomic E-state index is 12.4. The largest absolute Gasteiger partial charge is 0.489 e. The molecular weight excluding hydrogens is 396 g/mol. The van der Waals surface area contributed by atoms with Gasteiger partial charge in [-0.1, -0.05) is 48.5 Å². The van der Waals surface area contributed by atoms with Gasteiger partial charge in [-0.3, -0.25) is 9.89 Å². The Morgan fingerprint density at radius 2 is 1.97 bits per heavy atom. The predicted octanol–water partition coefficient (Wildman–Crippen LogP) is 4.87. The topological polar surface area (TPSA) is 79.4 Å². The molecule has 0 aliphatic carbocycles. The summed E-state index contributed by atoms with van der Waals surface area (Å²) in [4.78, 5) is 13.4. The Kier molecular flexibility index (Phi) is 6.01. The van der Waals surface area contributed by atoms with Crippen LogP contribution in [0.2, 0.25) is 0 Å². The summed E-state index contributed by atoms with van der Waals surface area (Å²) in [6.45, 7) is 2.34. The summed E-state index contributed by atoms with van der Waals surface area (Å²) in [5.74, 6) is 0.391. The third-order valence-electron chi connectivity index (χ3n) is 4.40. The number of aromatic amines is 1. The minimum absolute atomic E-state index is 0.336. The average molecular weight is 417 g/mol. The lowest BCUT2D eigenvalue weighted by Crippen LogP contribution is -2.19. The SMILES string of the molecule is CC(=NNC(=O)c1cc(-c2cccc(OCc3ccccc3)c2)n[nH]1)c1cccs1. The monoisotopic (exact) mass is 416 g/mol. The molecule has 0 aliphatic heterocycles. The molecule has 30 heavy (non-hydrogen) atoms. The number of nitrogens with one attached hydrogen (secondary N) is 2. The number of aromatic nitrogens is 2. The van der Waals surface area contributed by atoms with E-state index in [1.54, 1.807) is 17.4 Å². The molecule has 1 amide bonds. The Bertz CT molecular complexity index is 1150. The number of rotatable bonds is 7. The van der Waals surface area contributed by atoms with Gasteiger partial charge in [0.05, 0.1) is 11.4 Å². The number of H-pyrrole nitrogens is 1. The van der Waals surface area contributed by atoms with E-state index in [0.29, 0.717) is 18.0 Å². The van der Waals surface area contributed by atoms with Gasteiger partial charge in [-0.2, -0.15) is 10.2 Å². The van der Waals surface area contributed by atoms with Gasteiger partial charge in [0.1, 0.15) is 18.1 Å². The van der Waals surface area contributed by atoms with Crippen molar-refractivity contribution < 1.29 is 9.53 Å².